The van der Waals surface area contributed by atoms with Gasteiger partial charge in [-0.1, -0.05) is 85.5 Å². The monoisotopic (exact) mass is 372 g/mol. The summed E-state index contributed by atoms with van der Waals surface area (Å²) in [5, 5.41) is 0. The van der Waals surface area contributed by atoms with Gasteiger partial charge in [-0.3, -0.25) is 4.89 Å². The topological polar surface area (TPSA) is 44.8 Å². The van der Waals surface area contributed by atoms with Crippen molar-refractivity contribution in [2.75, 3.05) is 13.2 Å². The van der Waals surface area contributed by atoms with E-state index in [1.165, 1.54) is 32.1 Å². The van der Waals surface area contributed by atoms with Crippen LogP contribution in [0.5, 0.6) is 0 Å². The lowest BCUT2D eigenvalue weighted by molar-refractivity contribution is -0.345. The fraction of sp³-hybridized carbons (Fsp3) is 0.955. The van der Waals surface area contributed by atoms with Gasteiger partial charge in [-0.25, -0.2) is 4.79 Å². The van der Waals surface area contributed by atoms with E-state index < -0.39 is 5.60 Å². The molecule has 0 amide bonds. The summed E-state index contributed by atoms with van der Waals surface area (Å²) >= 11 is 0. The van der Waals surface area contributed by atoms with Crippen molar-refractivity contribution in [3.8, 4) is 0 Å². The van der Waals surface area contributed by atoms with Gasteiger partial charge in [0.15, 0.2) is 0 Å². The van der Waals surface area contributed by atoms with Crippen molar-refractivity contribution >= 4 is 5.97 Å². The maximum Gasteiger partial charge on any atom is 0.342 e. The van der Waals surface area contributed by atoms with Crippen molar-refractivity contribution in [2.45, 2.75) is 123 Å². The van der Waals surface area contributed by atoms with Gasteiger partial charge in [-0.15, -0.1) is 0 Å². The van der Waals surface area contributed by atoms with E-state index in [-0.39, 0.29) is 5.97 Å². The smallest absolute Gasteiger partial charge is 0.342 e. The van der Waals surface area contributed by atoms with Crippen LogP contribution in [-0.2, 0) is 19.3 Å². The molecule has 4 nitrogen and oxygen atoms in total. The Balaban J connectivity index is 4.39. The van der Waals surface area contributed by atoms with Crippen LogP contribution in [0.15, 0.2) is 0 Å². The lowest BCUT2D eigenvalue weighted by Gasteiger charge is -2.31. The third-order valence-electron chi connectivity index (χ3n) is 4.74. The van der Waals surface area contributed by atoms with Gasteiger partial charge >= 0.3 is 5.97 Å². The maximum atomic E-state index is 12.0. The zero-order chi connectivity index (χ0) is 19.5. The Morgan fingerprint density at radius 3 is 2.04 bits per heavy atom. The number of rotatable bonds is 19. The van der Waals surface area contributed by atoms with E-state index in [1.807, 2.05) is 0 Å². The molecule has 0 aromatic rings. The van der Waals surface area contributed by atoms with E-state index in [0.717, 1.165) is 58.0 Å². The van der Waals surface area contributed by atoms with E-state index in [9.17, 15) is 4.79 Å². The quantitative estimate of drug-likeness (QED) is 0.143. The first-order valence-corrected chi connectivity index (χ1v) is 11.1. The van der Waals surface area contributed by atoms with Gasteiger partial charge < -0.3 is 4.74 Å². The highest BCUT2D eigenvalue weighted by Gasteiger charge is 2.33. The normalized spacial score (nSPS) is 13.5. The van der Waals surface area contributed by atoms with Crippen molar-refractivity contribution < 1.29 is 19.3 Å². The summed E-state index contributed by atoms with van der Waals surface area (Å²) in [6, 6.07) is 0. The maximum absolute atomic E-state index is 12.0. The molecule has 0 aromatic carbocycles. The summed E-state index contributed by atoms with van der Waals surface area (Å²) < 4.78 is 5.89. The lowest BCUT2D eigenvalue weighted by Crippen LogP contribution is -2.39. The Labute approximate surface area is 162 Å². The first kappa shape index (κ1) is 25.4. The molecular formula is C22H44O4. The molecule has 0 aliphatic rings. The van der Waals surface area contributed by atoms with Crippen LogP contribution in [-0.4, -0.2) is 24.8 Å². The first-order chi connectivity index (χ1) is 12.6. The number of hydrogen-bond acceptors (Lipinski definition) is 4. The Hall–Kier alpha value is -0.610. The fourth-order valence-electron chi connectivity index (χ4n) is 3.09. The standard InChI is InChI=1S/C22H44O4/c1-5-9-12-13-14-16-21(23)25-26-22(17-8-4,18-11-7-3)20-24-19-15-10-6-2/h5-20H2,1-4H3. The average molecular weight is 373 g/mol. The van der Waals surface area contributed by atoms with Gasteiger partial charge in [-0.2, -0.15) is 4.89 Å². The number of ether oxygens (including phenoxy) is 1. The van der Waals surface area contributed by atoms with Crippen molar-refractivity contribution in [3.05, 3.63) is 0 Å². The molecule has 0 spiro atoms. The van der Waals surface area contributed by atoms with E-state index in [0.29, 0.717) is 13.0 Å². The zero-order valence-electron chi connectivity index (χ0n) is 17.9. The molecule has 0 N–H and O–H groups in total. The van der Waals surface area contributed by atoms with Crippen LogP contribution in [0.3, 0.4) is 0 Å². The SMILES string of the molecule is CCCCCCCC(=O)OOC(CCC)(CCCC)COCCCCC. The largest absolute Gasteiger partial charge is 0.378 e. The molecule has 156 valence electrons. The minimum absolute atomic E-state index is 0.246. The Kier molecular flexibility index (Phi) is 17.4. The summed E-state index contributed by atoms with van der Waals surface area (Å²) in [5.41, 5.74) is -0.491. The Bertz CT molecular complexity index is 319. The lowest BCUT2D eigenvalue weighted by atomic mass is 9.92. The van der Waals surface area contributed by atoms with Crippen molar-refractivity contribution in [1.82, 2.24) is 0 Å². The number of carbonyl (C=O) groups excluding carboxylic acids is 1. The highest BCUT2D eigenvalue weighted by atomic mass is 17.2. The molecule has 1 unspecified atom stereocenters. The molecular weight excluding hydrogens is 328 g/mol. The van der Waals surface area contributed by atoms with Crippen molar-refractivity contribution in [1.29, 1.82) is 0 Å². The van der Waals surface area contributed by atoms with Crippen LogP contribution >= 0.6 is 0 Å². The molecule has 0 rings (SSSR count). The third kappa shape index (κ3) is 13.6. The van der Waals surface area contributed by atoms with E-state index in [1.54, 1.807) is 0 Å². The number of hydrogen-bond donors (Lipinski definition) is 0. The molecule has 0 radical (unpaired) electrons. The van der Waals surface area contributed by atoms with Crippen LogP contribution in [0.25, 0.3) is 0 Å². The second-order valence-electron chi connectivity index (χ2n) is 7.50. The summed E-state index contributed by atoms with van der Waals surface area (Å²) in [6.07, 6.45) is 14.3. The van der Waals surface area contributed by atoms with Gasteiger partial charge in [0, 0.05) is 13.0 Å². The highest BCUT2D eigenvalue weighted by molar-refractivity contribution is 5.68. The molecule has 0 aliphatic heterocycles. The molecule has 0 aliphatic carbocycles. The number of unbranched alkanes of at least 4 members (excludes halogenated alkanes) is 7. The van der Waals surface area contributed by atoms with Gasteiger partial charge in [0.2, 0.25) is 0 Å². The predicted octanol–water partition coefficient (Wildman–Crippen LogP) is 6.76. The summed E-state index contributed by atoms with van der Waals surface area (Å²) in [6.45, 7) is 9.94. The average Bonchev–Trinajstić information content (AvgIpc) is 2.64. The van der Waals surface area contributed by atoms with E-state index in [2.05, 4.69) is 27.7 Å². The van der Waals surface area contributed by atoms with E-state index >= 15 is 0 Å². The summed E-state index contributed by atoms with van der Waals surface area (Å²) in [7, 11) is 0. The predicted molar refractivity (Wildman–Crippen MR) is 108 cm³/mol. The van der Waals surface area contributed by atoms with Gasteiger partial charge in [-0.05, 0) is 25.7 Å². The molecule has 0 fully saturated rings. The molecule has 0 aromatic heterocycles. The number of carbonyl (C=O) groups is 1. The molecule has 0 heterocycles. The molecule has 0 saturated carbocycles. The van der Waals surface area contributed by atoms with Crippen LogP contribution in [0, 0.1) is 0 Å². The van der Waals surface area contributed by atoms with E-state index in [4.69, 9.17) is 14.5 Å². The second-order valence-corrected chi connectivity index (χ2v) is 7.50. The second kappa shape index (κ2) is 17.8. The minimum Gasteiger partial charge on any atom is -0.378 e. The van der Waals surface area contributed by atoms with Crippen LogP contribution in [0.2, 0.25) is 0 Å². The molecule has 1 atom stereocenters. The van der Waals surface area contributed by atoms with Crippen LogP contribution < -0.4 is 0 Å². The zero-order valence-corrected chi connectivity index (χ0v) is 17.9. The molecule has 4 heteroatoms. The summed E-state index contributed by atoms with van der Waals surface area (Å²) in [5.74, 6) is -0.246. The molecule has 26 heavy (non-hydrogen) atoms. The molecule has 0 saturated heterocycles. The van der Waals surface area contributed by atoms with Gasteiger partial charge in [0.05, 0.1) is 6.61 Å². The Morgan fingerprint density at radius 1 is 0.731 bits per heavy atom. The first-order valence-electron chi connectivity index (χ1n) is 11.1. The Morgan fingerprint density at radius 2 is 1.38 bits per heavy atom. The van der Waals surface area contributed by atoms with Crippen molar-refractivity contribution in [3.63, 3.8) is 0 Å². The third-order valence-corrected chi connectivity index (χ3v) is 4.74. The fourth-order valence-corrected chi connectivity index (χ4v) is 3.09. The molecule has 0 bridgehead atoms. The summed E-state index contributed by atoms with van der Waals surface area (Å²) in [4.78, 5) is 23.0. The minimum atomic E-state index is -0.491. The van der Waals surface area contributed by atoms with Crippen LogP contribution in [0.4, 0.5) is 0 Å². The van der Waals surface area contributed by atoms with Crippen molar-refractivity contribution in [2.24, 2.45) is 0 Å². The highest BCUT2D eigenvalue weighted by Crippen LogP contribution is 2.27. The van der Waals surface area contributed by atoms with Gasteiger partial charge in [0.25, 0.3) is 0 Å². The van der Waals surface area contributed by atoms with Crippen LogP contribution in [0.1, 0.15) is 118 Å². The van der Waals surface area contributed by atoms with Gasteiger partial charge in [0.1, 0.15) is 5.60 Å².